The van der Waals surface area contributed by atoms with Gasteiger partial charge in [0.25, 0.3) is 0 Å². The minimum Gasteiger partial charge on any atom is -0.346 e. The number of anilines is 1. The molecule has 1 aromatic carbocycles. The standard InChI is InChI=1S/C16H24N2S/c1-4-14-9-5-6-11-18(14)16(19)17-15-10-7-8-12(2)13(15)3/h7-8,10,14H,4-6,9,11H2,1-3H3,(H,17,19)/t14-/m1/s1. The van der Waals surface area contributed by atoms with E-state index in [-0.39, 0.29) is 0 Å². The highest BCUT2D eigenvalue weighted by Gasteiger charge is 2.23. The second kappa shape index (κ2) is 6.38. The van der Waals surface area contributed by atoms with Gasteiger partial charge in [-0.2, -0.15) is 0 Å². The van der Waals surface area contributed by atoms with Crippen LogP contribution in [0.4, 0.5) is 5.69 Å². The fourth-order valence-corrected chi connectivity index (χ4v) is 3.12. The molecule has 3 heteroatoms. The van der Waals surface area contributed by atoms with Crippen molar-refractivity contribution in [2.24, 2.45) is 0 Å². The molecule has 0 unspecified atom stereocenters. The van der Waals surface area contributed by atoms with E-state index in [9.17, 15) is 0 Å². The number of aryl methyl sites for hydroxylation is 1. The number of nitrogens with zero attached hydrogens (tertiary/aromatic N) is 1. The summed E-state index contributed by atoms with van der Waals surface area (Å²) in [4.78, 5) is 2.38. The van der Waals surface area contributed by atoms with Crippen molar-refractivity contribution in [3.05, 3.63) is 29.3 Å². The molecule has 2 rings (SSSR count). The Morgan fingerprint density at radius 2 is 2.16 bits per heavy atom. The van der Waals surface area contributed by atoms with Crippen LogP contribution < -0.4 is 5.32 Å². The molecule has 1 saturated heterocycles. The normalized spacial score (nSPS) is 19.3. The summed E-state index contributed by atoms with van der Waals surface area (Å²) in [6.07, 6.45) is 5.03. The van der Waals surface area contributed by atoms with E-state index in [1.165, 1.54) is 36.8 Å². The molecule has 0 aliphatic carbocycles. The van der Waals surface area contributed by atoms with E-state index < -0.39 is 0 Å². The first-order valence-electron chi connectivity index (χ1n) is 7.27. The van der Waals surface area contributed by atoms with Gasteiger partial charge in [-0.05, 0) is 68.9 Å². The molecule has 0 bridgehead atoms. The van der Waals surface area contributed by atoms with Gasteiger partial charge in [-0.15, -0.1) is 0 Å². The molecule has 0 spiro atoms. The highest BCUT2D eigenvalue weighted by Crippen LogP contribution is 2.23. The molecule has 1 atom stereocenters. The number of benzene rings is 1. The van der Waals surface area contributed by atoms with Gasteiger partial charge >= 0.3 is 0 Å². The molecule has 0 saturated carbocycles. The van der Waals surface area contributed by atoms with Crippen LogP contribution in [-0.4, -0.2) is 22.6 Å². The van der Waals surface area contributed by atoms with Gasteiger partial charge in [-0.25, -0.2) is 0 Å². The van der Waals surface area contributed by atoms with Crippen LogP contribution in [0.5, 0.6) is 0 Å². The average molecular weight is 276 g/mol. The lowest BCUT2D eigenvalue weighted by molar-refractivity contribution is 0.239. The van der Waals surface area contributed by atoms with Crippen molar-refractivity contribution in [1.29, 1.82) is 0 Å². The summed E-state index contributed by atoms with van der Waals surface area (Å²) >= 11 is 5.62. The zero-order valence-corrected chi connectivity index (χ0v) is 13.0. The van der Waals surface area contributed by atoms with E-state index in [1.807, 2.05) is 0 Å². The quantitative estimate of drug-likeness (QED) is 0.812. The molecule has 0 aromatic heterocycles. The van der Waals surface area contributed by atoms with Crippen molar-refractivity contribution in [2.75, 3.05) is 11.9 Å². The van der Waals surface area contributed by atoms with Gasteiger partial charge in [0, 0.05) is 18.3 Å². The first-order valence-corrected chi connectivity index (χ1v) is 7.68. The summed E-state index contributed by atoms with van der Waals surface area (Å²) in [5, 5.41) is 4.33. The van der Waals surface area contributed by atoms with Crippen LogP contribution >= 0.6 is 12.2 Å². The number of thiocarbonyl (C=S) groups is 1. The average Bonchev–Trinajstić information content (AvgIpc) is 2.43. The topological polar surface area (TPSA) is 15.3 Å². The van der Waals surface area contributed by atoms with Crippen LogP contribution in [0, 0.1) is 13.8 Å². The number of hydrogen-bond acceptors (Lipinski definition) is 1. The van der Waals surface area contributed by atoms with Crippen molar-refractivity contribution in [3.63, 3.8) is 0 Å². The molecular formula is C16H24N2S. The highest BCUT2D eigenvalue weighted by molar-refractivity contribution is 7.80. The first-order chi connectivity index (χ1) is 9.13. The zero-order chi connectivity index (χ0) is 13.8. The third kappa shape index (κ3) is 3.27. The maximum absolute atomic E-state index is 5.62. The molecular weight excluding hydrogens is 252 g/mol. The molecule has 1 heterocycles. The van der Waals surface area contributed by atoms with Gasteiger partial charge in [0.1, 0.15) is 0 Å². The van der Waals surface area contributed by atoms with Crippen molar-refractivity contribution in [1.82, 2.24) is 4.90 Å². The van der Waals surface area contributed by atoms with E-state index in [2.05, 4.69) is 49.2 Å². The first kappa shape index (κ1) is 14.3. The molecule has 104 valence electrons. The van der Waals surface area contributed by atoms with Gasteiger partial charge in [-0.1, -0.05) is 19.1 Å². The van der Waals surface area contributed by atoms with Crippen molar-refractivity contribution in [3.8, 4) is 0 Å². The Morgan fingerprint density at radius 1 is 1.37 bits per heavy atom. The van der Waals surface area contributed by atoms with E-state index in [1.54, 1.807) is 0 Å². The minimum absolute atomic E-state index is 0.610. The van der Waals surface area contributed by atoms with Crippen LogP contribution in [0.2, 0.25) is 0 Å². The summed E-state index contributed by atoms with van der Waals surface area (Å²) in [5.74, 6) is 0. The second-order valence-electron chi connectivity index (χ2n) is 5.43. The fourth-order valence-electron chi connectivity index (χ4n) is 2.77. The number of nitrogens with one attached hydrogen (secondary N) is 1. The molecule has 0 radical (unpaired) electrons. The Labute approximate surface area is 122 Å². The Balaban J connectivity index is 2.09. The number of hydrogen-bond donors (Lipinski definition) is 1. The minimum atomic E-state index is 0.610. The van der Waals surface area contributed by atoms with Crippen molar-refractivity contribution in [2.45, 2.75) is 52.5 Å². The van der Waals surface area contributed by atoms with E-state index in [0.717, 1.165) is 17.3 Å². The fraction of sp³-hybridized carbons (Fsp3) is 0.562. The third-order valence-corrected chi connectivity index (χ3v) is 4.54. The summed E-state index contributed by atoms with van der Waals surface area (Å²) in [6.45, 7) is 7.63. The smallest absolute Gasteiger partial charge is 0.173 e. The molecule has 1 aliphatic rings. The zero-order valence-electron chi connectivity index (χ0n) is 12.2. The Kier molecular flexibility index (Phi) is 4.81. The van der Waals surface area contributed by atoms with Gasteiger partial charge in [0.15, 0.2) is 5.11 Å². The van der Waals surface area contributed by atoms with Crippen LogP contribution in [0.15, 0.2) is 18.2 Å². The van der Waals surface area contributed by atoms with Crippen LogP contribution in [-0.2, 0) is 0 Å². The summed E-state index contributed by atoms with van der Waals surface area (Å²) in [6, 6.07) is 6.94. The number of likely N-dealkylation sites (tertiary alicyclic amines) is 1. The molecule has 1 aliphatic heterocycles. The van der Waals surface area contributed by atoms with E-state index in [4.69, 9.17) is 12.2 Å². The lowest BCUT2D eigenvalue weighted by Gasteiger charge is -2.37. The Morgan fingerprint density at radius 3 is 2.89 bits per heavy atom. The third-order valence-electron chi connectivity index (χ3n) is 4.21. The number of rotatable bonds is 2. The molecule has 1 fully saturated rings. The van der Waals surface area contributed by atoms with E-state index >= 15 is 0 Å². The monoisotopic (exact) mass is 276 g/mol. The summed E-state index contributed by atoms with van der Waals surface area (Å²) < 4.78 is 0. The maximum Gasteiger partial charge on any atom is 0.173 e. The van der Waals surface area contributed by atoms with Gasteiger partial charge in [0.05, 0.1) is 0 Å². The van der Waals surface area contributed by atoms with Crippen molar-refractivity contribution >= 4 is 23.0 Å². The molecule has 1 N–H and O–H groups in total. The van der Waals surface area contributed by atoms with Crippen LogP contribution in [0.1, 0.15) is 43.7 Å². The van der Waals surface area contributed by atoms with Crippen LogP contribution in [0.3, 0.4) is 0 Å². The maximum atomic E-state index is 5.62. The number of piperidine rings is 1. The predicted octanol–water partition coefficient (Wildman–Crippen LogP) is 4.26. The lowest BCUT2D eigenvalue weighted by atomic mass is 10.0. The predicted molar refractivity (Wildman–Crippen MR) is 86.8 cm³/mol. The van der Waals surface area contributed by atoms with E-state index in [0.29, 0.717) is 6.04 Å². The molecule has 1 aromatic rings. The molecule has 2 nitrogen and oxygen atoms in total. The highest BCUT2D eigenvalue weighted by atomic mass is 32.1. The summed E-state index contributed by atoms with van der Waals surface area (Å²) in [7, 11) is 0. The Bertz CT molecular complexity index is 456. The second-order valence-corrected chi connectivity index (χ2v) is 5.82. The molecule has 0 amide bonds. The largest absolute Gasteiger partial charge is 0.346 e. The summed E-state index contributed by atoms with van der Waals surface area (Å²) in [5.41, 5.74) is 3.74. The van der Waals surface area contributed by atoms with Gasteiger partial charge in [-0.3, -0.25) is 0 Å². The van der Waals surface area contributed by atoms with Crippen molar-refractivity contribution < 1.29 is 0 Å². The van der Waals surface area contributed by atoms with Gasteiger partial charge < -0.3 is 10.2 Å². The van der Waals surface area contributed by atoms with Crippen LogP contribution in [0.25, 0.3) is 0 Å². The SMILES string of the molecule is CC[C@@H]1CCCCN1C(=S)Nc1cccc(C)c1C. The van der Waals surface area contributed by atoms with Gasteiger partial charge in [0.2, 0.25) is 0 Å². The Hall–Kier alpha value is -1.09. The molecule has 19 heavy (non-hydrogen) atoms. The lowest BCUT2D eigenvalue weighted by Crippen LogP contribution is -2.45.